The van der Waals surface area contributed by atoms with Crippen molar-refractivity contribution in [2.45, 2.75) is 26.2 Å². The molecule has 2 heterocycles. The Morgan fingerprint density at radius 3 is 2.24 bits per heavy atom. The van der Waals surface area contributed by atoms with Crippen LogP contribution in [0.1, 0.15) is 45.5 Å². The Morgan fingerprint density at radius 2 is 1.57 bits per heavy atom. The predicted molar refractivity (Wildman–Crippen MR) is 144 cm³/mol. The van der Waals surface area contributed by atoms with Gasteiger partial charge in [0.1, 0.15) is 0 Å². The topological polar surface area (TPSA) is 117 Å². The number of nitrogens with one attached hydrogen (secondary N) is 2. The van der Waals surface area contributed by atoms with E-state index >= 15 is 0 Å². The lowest BCUT2D eigenvalue weighted by atomic mass is 9.99. The number of piperazine rings is 1. The summed E-state index contributed by atoms with van der Waals surface area (Å²) in [4.78, 5) is 41.6. The first-order valence-corrected chi connectivity index (χ1v) is 13.1. The zero-order valence-corrected chi connectivity index (χ0v) is 21.5. The summed E-state index contributed by atoms with van der Waals surface area (Å²) in [5.74, 6) is -0.758. The molecule has 2 fully saturated rings. The van der Waals surface area contributed by atoms with E-state index in [0.717, 1.165) is 44.7 Å². The van der Waals surface area contributed by atoms with Crippen LogP contribution >= 0.6 is 0 Å². The molecule has 0 saturated carbocycles. The highest BCUT2D eigenvalue weighted by molar-refractivity contribution is 6.03. The summed E-state index contributed by atoms with van der Waals surface area (Å²) in [6.45, 7) is 7.44. The lowest BCUT2D eigenvalue weighted by molar-refractivity contribution is -0.127. The minimum absolute atomic E-state index is 0.0134. The number of rotatable bonds is 9. The first kappa shape index (κ1) is 26.5. The predicted octanol–water partition coefficient (Wildman–Crippen LogP) is 2.08. The van der Waals surface area contributed by atoms with Crippen molar-refractivity contribution in [3.8, 4) is 0 Å². The molecule has 0 aliphatic carbocycles. The second-order valence-corrected chi connectivity index (χ2v) is 9.64. The van der Waals surface area contributed by atoms with Gasteiger partial charge in [0.15, 0.2) is 0 Å². The van der Waals surface area contributed by atoms with Crippen LogP contribution in [-0.2, 0) is 9.53 Å². The van der Waals surface area contributed by atoms with E-state index in [1.807, 2.05) is 18.2 Å². The molecule has 0 bridgehead atoms. The maximum Gasteiger partial charge on any atom is 0.251 e. The number of anilines is 2. The van der Waals surface area contributed by atoms with Crippen LogP contribution in [0, 0.1) is 12.8 Å². The number of nitrogens with two attached hydrogens (primary N) is 1. The monoisotopic (exact) mass is 507 g/mol. The standard InChI is InChI=1S/C28H37N5O4/c1-20-5-2-3-6-24(20)32-13-15-33(16-14-32)25-8-7-22(19-23(25)26(29)34)28(36)31-12-4-11-30-27(35)21-9-17-37-18-10-21/h2-3,5-8,19,21H,4,9-18H2,1H3,(H2,29,34)(H,30,35)(H,31,36). The highest BCUT2D eigenvalue weighted by Crippen LogP contribution is 2.26. The highest BCUT2D eigenvalue weighted by atomic mass is 16.5. The van der Waals surface area contributed by atoms with Crippen molar-refractivity contribution in [1.82, 2.24) is 10.6 Å². The van der Waals surface area contributed by atoms with Gasteiger partial charge in [-0.25, -0.2) is 0 Å². The van der Waals surface area contributed by atoms with Crippen LogP contribution in [0.4, 0.5) is 11.4 Å². The van der Waals surface area contributed by atoms with E-state index in [-0.39, 0.29) is 17.7 Å². The SMILES string of the molecule is Cc1ccccc1N1CCN(c2ccc(C(=O)NCCCNC(=O)C3CCOCC3)cc2C(N)=O)CC1. The van der Waals surface area contributed by atoms with Crippen LogP contribution in [0.15, 0.2) is 42.5 Å². The lowest BCUT2D eigenvalue weighted by Crippen LogP contribution is -2.47. The van der Waals surface area contributed by atoms with E-state index in [4.69, 9.17) is 10.5 Å². The van der Waals surface area contributed by atoms with Gasteiger partial charge >= 0.3 is 0 Å². The summed E-state index contributed by atoms with van der Waals surface area (Å²) in [6.07, 6.45) is 2.12. The van der Waals surface area contributed by atoms with E-state index in [1.165, 1.54) is 11.3 Å². The second-order valence-electron chi connectivity index (χ2n) is 9.64. The Bertz CT molecular complexity index is 1110. The third kappa shape index (κ3) is 6.80. The van der Waals surface area contributed by atoms with Crippen LogP contribution in [-0.4, -0.2) is 70.2 Å². The molecule has 2 aliphatic rings. The molecule has 3 amide bonds. The number of aryl methyl sites for hydroxylation is 1. The fraction of sp³-hybridized carbons (Fsp3) is 0.464. The van der Waals surface area contributed by atoms with Crippen molar-refractivity contribution in [3.63, 3.8) is 0 Å². The molecule has 198 valence electrons. The number of carbonyl (C=O) groups is 3. The van der Waals surface area contributed by atoms with Gasteiger partial charge in [0.05, 0.1) is 5.56 Å². The third-order valence-electron chi connectivity index (χ3n) is 7.13. The molecule has 0 radical (unpaired) electrons. The van der Waals surface area contributed by atoms with Gasteiger partial charge in [-0.05, 0) is 56.0 Å². The van der Waals surface area contributed by atoms with Gasteiger partial charge in [0.2, 0.25) is 5.91 Å². The first-order valence-electron chi connectivity index (χ1n) is 13.1. The third-order valence-corrected chi connectivity index (χ3v) is 7.13. The molecular formula is C28H37N5O4. The molecule has 0 unspecified atom stereocenters. The Balaban J connectivity index is 1.28. The molecule has 2 saturated heterocycles. The van der Waals surface area contributed by atoms with E-state index in [0.29, 0.717) is 43.9 Å². The molecule has 2 aliphatic heterocycles. The number of para-hydroxylation sites is 1. The summed E-state index contributed by atoms with van der Waals surface area (Å²) in [5, 5.41) is 5.80. The second kappa shape index (κ2) is 12.6. The number of hydrogen-bond donors (Lipinski definition) is 3. The van der Waals surface area contributed by atoms with Crippen LogP contribution < -0.4 is 26.2 Å². The van der Waals surface area contributed by atoms with Crippen LogP contribution in [0.5, 0.6) is 0 Å². The van der Waals surface area contributed by atoms with Crippen molar-refractivity contribution >= 4 is 29.1 Å². The van der Waals surface area contributed by atoms with Crippen molar-refractivity contribution in [2.24, 2.45) is 11.7 Å². The van der Waals surface area contributed by atoms with Crippen molar-refractivity contribution in [3.05, 3.63) is 59.2 Å². The molecule has 9 nitrogen and oxygen atoms in total. The summed E-state index contributed by atoms with van der Waals surface area (Å²) in [6, 6.07) is 13.5. The van der Waals surface area contributed by atoms with Gasteiger partial charge in [0, 0.05) is 75.3 Å². The summed E-state index contributed by atoms with van der Waals surface area (Å²) >= 11 is 0. The smallest absolute Gasteiger partial charge is 0.251 e. The number of hydrogen-bond acceptors (Lipinski definition) is 6. The van der Waals surface area contributed by atoms with Crippen molar-refractivity contribution in [1.29, 1.82) is 0 Å². The van der Waals surface area contributed by atoms with E-state index in [2.05, 4.69) is 39.5 Å². The average Bonchev–Trinajstić information content (AvgIpc) is 2.93. The van der Waals surface area contributed by atoms with E-state index in [1.54, 1.807) is 12.1 Å². The Labute approximate surface area is 218 Å². The van der Waals surface area contributed by atoms with Crippen LogP contribution in [0.25, 0.3) is 0 Å². The summed E-state index contributed by atoms with van der Waals surface area (Å²) in [7, 11) is 0. The number of primary amides is 1. The molecule has 0 aromatic heterocycles. The van der Waals surface area contributed by atoms with Gasteiger partial charge in [-0.1, -0.05) is 18.2 Å². The number of benzene rings is 2. The molecule has 2 aromatic carbocycles. The Kier molecular flexibility index (Phi) is 9.00. The molecule has 0 atom stereocenters. The van der Waals surface area contributed by atoms with Gasteiger partial charge in [-0.2, -0.15) is 0 Å². The van der Waals surface area contributed by atoms with Crippen molar-refractivity contribution < 1.29 is 19.1 Å². The molecule has 4 rings (SSSR count). The van der Waals surface area contributed by atoms with Crippen molar-refractivity contribution in [2.75, 3.05) is 62.3 Å². The van der Waals surface area contributed by atoms with Crippen LogP contribution in [0.2, 0.25) is 0 Å². The zero-order chi connectivity index (χ0) is 26.2. The number of carbonyl (C=O) groups excluding carboxylic acids is 3. The molecule has 4 N–H and O–H groups in total. The highest BCUT2D eigenvalue weighted by Gasteiger charge is 2.23. The van der Waals surface area contributed by atoms with E-state index in [9.17, 15) is 14.4 Å². The molecular weight excluding hydrogens is 470 g/mol. The maximum atomic E-state index is 12.7. The largest absolute Gasteiger partial charge is 0.381 e. The Morgan fingerprint density at radius 1 is 0.919 bits per heavy atom. The fourth-order valence-corrected chi connectivity index (χ4v) is 4.96. The molecule has 0 spiro atoms. The Hall–Kier alpha value is -3.59. The fourth-order valence-electron chi connectivity index (χ4n) is 4.96. The quantitative estimate of drug-likeness (QED) is 0.448. The van der Waals surface area contributed by atoms with Gasteiger partial charge in [-0.3, -0.25) is 14.4 Å². The lowest BCUT2D eigenvalue weighted by Gasteiger charge is -2.38. The number of amides is 3. The van der Waals surface area contributed by atoms with Crippen LogP contribution in [0.3, 0.4) is 0 Å². The van der Waals surface area contributed by atoms with Gasteiger partial charge in [0.25, 0.3) is 11.8 Å². The molecule has 9 heteroatoms. The van der Waals surface area contributed by atoms with Gasteiger partial charge < -0.3 is 30.9 Å². The first-order chi connectivity index (χ1) is 17.9. The number of ether oxygens (including phenoxy) is 1. The minimum atomic E-state index is -0.554. The molecule has 37 heavy (non-hydrogen) atoms. The number of nitrogens with zero attached hydrogens (tertiary/aromatic N) is 2. The minimum Gasteiger partial charge on any atom is -0.381 e. The summed E-state index contributed by atoms with van der Waals surface area (Å²) < 4.78 is 5.29. The molecule has 2 aromatic rings. The zero-order valence-electron chi connectivity index (χ0n) is 21.5. The maximum absolute atomic E-state index is 12.7. The summed E-state index contributed by atoms with van der Waals surface area (Å²) in [5.41, 5.74) is 9.67. The van der Waals surface area contributed by atoms with Gasteiger partial charge in [-0.15, -0.1) is 0 Å². The normalized spacial score (nSPS) is 16.4. The van der Waals surface area contributed by atoms with E-state index < -0.39 is 5.91 Å². The average molecular weight is 508 g/mol.